The fourth-order valence-corrected chi connectivity index (χ4v) is 2.58. The van der Waals surface area contributed by atoms with Crippen LogP contribution in [0.5, 0.6) is 5.75 Å². The fourth-order valence-electron chi connectivity index (χ4n) is 2.58. The first-order valence-corrected chi connectivity index (χ1v) is 7.23. The van der Waals surface area contributed by atoms with E-state index in [9.17, 15) is 5.26 Å². The minimum Gasteiger partial charge on any atom is -0.497 e. The van der Waals surface area contributed by atoms with E-state index in [4.69, 9.17) is 4.74 Å². The van der Waals surface area contributed by atoms with Crippen LogP contribution in [0.4, 0.5) is 11.4 Å². The van der Waals surface area contributed by atoms with E-state index in [1.807, 2.05) is 36.4 Å². The minimum absolute atomic E-state index is 0.455. The molecule has 2 heterocycles. The lowest BCUT2D eigenvalue weighted by molar-refractivity contribution is 0.415. The number of fused-ring (bicyclic) bond motifs is 2. The molecular weight excluding hydrogens is 304 g/mol. The summed E-state index contributed by atoms with van der Waals surface area (Å²) in [7, 11) is 1.61. The number of pyridine rings is 1. The summed E-state index contributed by atoms with van der Waals surface area (Å²) in [5.41, 5.74) is 4.25. The van der Waals surface area contributed by atoms with Gasteiger partial charge in [-0.15, -0.1) is 0 Å². The van der Waals surface area contributed by atoms with E-state index in [1.54, 1.807) is 13.3 Å². The Morgan fingerprint density at radius 3 is 2.75 bits per heavy atom. The third kappa shape index (κ3) is 2.27. The first-order chi connectivity index (χ1) is 11.8. The molecule has 0 spiro atoms. The zero-order chi connectivity index (χ0) is 16.5. The topological polar surface area (TPSA) is 99.5 Å². The van der Waals surface area contributed by atoms with Crippen LogP contribution in [-0.4, -0.2) is 27.5 Å². The standard InChI is InChI=1S/C17H12N6O/c1-24-12-3-5-14-13(7-12)17(10(8-18)9-19-14)20-11-2-4-15-16(6-11)22-23-21-15/h2-7,9H,1H3,(H,19,20)(H,21,22,23). The number of aromatic nitrogens is 4. The third-order valence-electron chi connectivity index (χ3n) is 3.78. The van der Waals surface area contributed by atoms with Gasteiger partial charge in [0.15, 0.2) is 0 Å². The maximum atomic E-state index is 9.43. The van der Waals surface area contributed by atoms with Gasteiger partial charge >= 0.3 is 0 Å². The van der Waals surface area contributed by atoms with E-state index < -0.39 is 0 Å². The summed E-state index contributed by atoms with van der Waals surface area (Å²) in [4.78, 5) is 4.33. The summed E-state index contributed by atoms with van der Waals surface area (Å²) in [6.45, 7) is 0. The van der Waals surface area contributed by atoms with Gasteiger partial charge in [0.25, 0.3) is 0 Å². The number of benzene rings is 2. The molecule has 0 saturated heterocycles. The summed E-state index contributed by atoms with van der Waals surface area (Å²) < 4.78 is 5.29. The second-order valence-corrected chi connectivity index (χ2v) is 5.19. The van der Waals surface area contributed by atoms with E-state index in [0.29, 0.717) is 17.0 Å². The number of rotatable bonds is 3. The van der Waals surface area contributed by atoms with Crippen LogP contribution in [0, 0.1) is 11.3 Å². The van der Waals surface area contributed by atoms with Crippen molar-refractivity contribution >= 4 is 33.3 Å². The number of nitriles is 1. The molecule has 0 aliphatic heterocycles. The van der Waals surface area contributed by atoms with Crippen LogP contribution in [0.1, 0.15) is 5.56 Å². The second-order valence-electron chi connectivity index (χ2n) is 5.19. The van der Waals surface area contributed by atoms with Gasteiger partial charge in [-0.1, -0.05) is 0 Å². The highest BCUT2D eigenvalue weighted by atomic mass is 16.5. The highest BCUT2D eigenvalue weighted by molar-refractivity contribution is 5.97. The smallest absolute Gasteiger partial charge is 0.119 e. The molecule has 0 amide bonds. The zero-order valence-corrected chi connectivity index (χ0v) is 12.7. The molecule has 7 heteroatoms. The Hall–Kier alpha value is -3.66. The Labute approximate surface area is 136 Å². The fraction of sp³-hybridized carbons (Fsp3) is 0.0588. The lowest BCUT2D eigenvalue weighted by Crippen LogP contribution is -1.97. The SMILES string of the molecule is COc1ccc2ncc(C#N)c(Nc3ccc4n[nH]nc4c3)c2c1. The molecule has 0 atom stereocenters. The van der Waals surface area contributed by atoms with E-state index >= 15 is 0 Å². The van der Waals surface area contributed by atoms with Crippen molar-refractivity contribution in [2.75, 3.05) is 12.4 Å². The molecule has 0 fully saturated rings. The molecule has 24 heavy (non-hydrogen) atoms. The van der Waals surface area contributed by atoms with Crippen LogP contribution in [0.15, 0.2) is 42.6 Å². The van der Waals surface area contributed by atoms with Crippen LogP contribution in [-0.2, 0) is 0 Å². The first-order valence-electron chi connectivity index (χ1n) is 7.23. The summed E-state index contributed by atoms with van der Waals surface area (Å²) in [6, 6.07) is 13.4. The van der Waals surface area contributed by atoms with Crippen LogP contribution < -0.4 is 10.1 Å². The summed E-state index contributed by atoms with van der Waals surface area (Å²) in [5, 5.41) is 24.2. The highest BCUT2D eigenvalue weighted by Gasteiger charge is 2.11. The number of ether oxygens (including phenoxy) is 1. The van der Waals surface area contributed by atoms with Crippen molar-refractivity contribution in [1.29, 1.82) is 5.26 Å². The molecule has 116 valence electrons. The van der Waals surface area contributed by atoms with Gasteiger partial charge in [0.05, 0.1) is 23.9 Å². The van der Waals surface area contributed by atoms with Gasteiger partial charge in [-0.25, -0.2) is 0 Å². The largest absolute Gasteiger partial charge is 0.497 e. The molecule has 7 nitrogen and oxygen atoms in total. The van der Waals surface area contributed by atoms with E-state index in [-0.39, 0.29) is 0 Å². The number of hydrogen-bond acceptors (Lipinski definition) is 6. The number of anilines is 2. The Bertz CT molecular complexity index is 1100. The van der Waals surface area contributed by atoms with Gasteiger partial charge in [0, 0.05) is 17.3 Å². The number of H-pyrrole nitrogens is 1. The number of nitrogens with one attached hydrogen (secondary N) is 2. The van der Waals surface area contributed by atoms with Gasteiger partial charge in [-0.05, 0) is 36.4 Å². The molecule has 2 aromatic heterocycles. The Balaban J connectivity index is 1.88. The molecule has 2 aromatic carbocycles. The quantitative estimate of drug-likeness (QED) is 0.602. The maximum absolute atomic E-state index is 9.43. The Morgan fingerprint density at radius 2 is 1.92 bits per heavy atom. The van der Waals surface area contributed by atoms with Crippen molar-refractivity contribution < 1.29 is 4.74 Å². The monoisotopic (exact) mass is 316 g/mol. The molecule has 0 bridgehead atoms. The zero-order valence-electron chi connectivity index (χ0n) is 12.7. The van der Waals surface area contributed by atoms with Gasteiger partial charge in [-0.2, -0.15) is 20.7 Å². The number of nitrogens with zero attached hydrogens (tertiary/aromatic N) is 4. The van der Waals surface area contributed by atoms with Crippen LogP contribution >= 0.6 is 0 Å². The van der Waals surface area contributed by atoms with Crippen molar-refractivity contribution in [2.24, 2.45) is 0 Å². The Kier molecular flexibility index (Phi) is 3.21. The molecule has 0 aliphatic rings. The summed E-state index contributed by atoms with van der Waals surface area (Å²) in [5.74, 6) is 0.703. The van der Waals surface area contributed by atoms with Crippen LogP contribution in [0.2, 0.25) is 0 Å². The Morgan fingerprint density at radius 1 is 1.08 bits per heavy atom. The molecule has 4 aromatic rings. The van der Waals surface area contributed by atoms with Crippen molar-refractivity contribution in [3.8, 4) is 11.8 Å². The molecule has 4 rings (SSSR count). The first kappa shape index (κ1) is 14.0. The van der Waals surface area contributed by atoms with Gasteiger partial charge in [0.2, 0.25) is 0 Å². The summed E-state index contributed by atoms with van der Waals surface area (Å²) >= 11 is 0. The van der Waals surface area contributed by atoms with E-state index in [1.165, 1.54) is 0 Å². The highest BCUT2D eigenvalue weighted by Crippen LogP contribution is 2.31. The molecule has 0 saturated carbocycles. The number of hydrogen-bond donors (Lipinski definition) is 2. The molecule has 2 N–H and O–H groups in total. The molecule has 0 unspecified atom stereocenters. The molecule has 0 aliphatic carbocycles. The van der Waals surface area contributed by atoms with Gasteiger partial charge in [-0.3, -0.25) is 4.98 Å². The van der Waals surface area contributed by atoms with Gasteiger partial charge in [0.1, 0.15) is 22.9 Å². The average molecular weight is 316 g/mol. The van der Waals surface area contributed by atoms with E-state index in [2.05, 4.69) is 31.8 Å². The van der Waals surface area contributed by atoms with Crippen molar-refractivity contribution in [3.63, 3.8) is 0 Å². The lowest BCUT2D eigenvalue weighted by Gasteiger charge is -2.12. The summed E-state index contributed by atoms with van der Waals surface area (Å²) in [6.07, 6.45) is 1.56. The second kappa shape index (κ2) is 5.52. The predicted octanol–water partition coefficient (Wildman–Crippen LogP) is 3.13. The third-order valence-corrected chi connectivity index (χ3v) is 3.78. The van der Waals surface area contributed by atoms with Gasteiger partial charge < -0.3 is 10.1 Å². The average Bonchev–Trinajstić information content (AvgIpc) is 3.09. The number of aromatic amines is 1. The van der Waals surface area contributed by atoms with Crippen molar-refractivity contribution in [1.82, 2.24) is 20.4 Å². The van der Waals surface area contributed by atoms with Crippen molar-refractivity contribution in [2.45, 2.75) is 0 Å². The van der Waals surface area contributed by atoms with Crippen molar-refractivity contribution in [3.05, 3.63) is 48.2 Å². The number of methoxy groups -OCH3 is 1. The maximum Gasteiger partial charge on any atom is 0.119 e. The molecule has 0 radical (unpaired) electrons. The lowest BCUT2D eigenvalue weighted by atomic mass is 10.1. The van der Waals surface area contributed by atoms with E-state index in [0.717, 1.165) is 27.6 Å². The molecular formula is C17H12N6O. The minimum atomic E-state index is 0.455. The predicted molar refractivity (Wildman–Crippen MR) is 90.2 cm³/mol. The normalized spacial score (nSPS) is 10.7. The van der Waals surface area contributed by atoms with Crippen LogP contribution in [0.25, 0.3) is 21.9 Å². The van der Waals surface area contributed by atoms with Crippen LogP contribution in [0.3, 0.4) is 0 Å².